The van der Waals surface area contributed by atoms with Gasteiger partial charge >= 0.3 is 0 Å². The maximum Gasteiger partial charge on any atom is 0.134 e. The highest BCUT2D eigenvalue weighted by atomic mass is 19.1. The molecular weight excluding hydrogens is 297 g/mol. The molecule has 0 spiro atoms. The first kappa shape index (κ1) is 16.2. The lowest BCUT2D eigenvalue weighted by atomic mass is 9.94. The fraction of sp³-hybridized carbons (Fsp3) is 0.444. The molecule has 1 aliphatic rings. The molecule has 0 bridgehead atoms. The van der Waals surface area contributed by atoms with E-state index in [1.54, 1.807) is 13.0 Å². The summed E-state index contributed by atoms with van der Waals surface area (Å²) in [5.41, 5.74) is 0.643. The molecule has 4 nitrogen and oxygen atoms in total. The molecule has 1 aromatic carbocycles. The summed E-state index contributed by atoms with van der Waals surface area (Å²) < 4.78 is 24.7. The largest absolute Gasteiger partial charge is 0.460 e. The molecule has 2 heterocycles. The van der Waals surface area contributed by atoms with Gasteiger partial charge in [0, 0.05) is 38.2 Å². The lowest BCUT2D eigenvalue weighted by Crippen LogP contribution is -2.44. The molecule has 1 aliphatic heterocycles. The monoisotopic (exact) mass is 319 g/mol. The van der Waals surface area contributed by atoms with Gasteiger partial charge in [0.1, 0.15) is 17.3 Å². The van der Waals surface area contributed by atoms with E-state index >= 15 is 0 Å². The standard InChI is InChI=1S/C18H22FNO3/c1-13-15(3-2-4-16(13)19)17-6-5-14(23-17)11-20-12-18(21)7-9-22-10-8-18/h2-6,20-21H,7-12H2,1H3. The van der Waals surface area contributed by atoms with Crippen LogP contribution in [-0.4, -0.2) is 30.5 Å². The van der Waals surface area contributed by atoms with Gasteiger partial charge in [-0.25, -0.2) is 4.39 Å². The maximum absolute atomic E-state index is 13.6. The molecule has 124 valence electrons. The Hall–Kier alpha value is -1.69. The summed E-state index contributed by atoms with van der Waals surface area (Å²) in [6.45, 7) is 3.97. The number of benzene rings is 1. The van der Waals surface area contributed by atoms with Gasteiger partial charge in [-0.2, -0.15) is 0 Å². The van der Waals surface area contributed by atoms with Gasteiger partial charge in [0.15, 0.2) is 0 Å². The van der Waals surface area contributed by atoms with E-state index in [0.717, 1.165) is 11.3 Å². The number of hydrogen-bond donors (Lipinski definition) is 2. The summed E-state index contributed by atoms with van der Waals surface area (Å²) in [5, 5.41) is 13.6. The van der Waals surface area contributed by atoms with Crippen LogP contribution in [0.15, 0.2) is 34.7 Å². The van der Waals surface area contributed by atoms with E-state index in [1.165, 1.54) is 6.07 Å². The number of nitrogens with one attached hydrogen (secondary N) is 1. The van der Waals surface area contributed by atoms with Gasteiger partial charge in [-0.15, -0.1) is 0 Å². The molecule has 0 unspecified atom stereocenters. The van der Waals surface area contributed by atoms with Crippen molar-refractivity contribution in [2.75, 3.05) is 19.8 Å². The quantitative estimate of drug-likeness (QED) is 0.889. The third-order valence-electron chi connectivity index (χ3n) is 4.37. The third-order valence-corrected chi connectivity index (χ3v) is 4.37. The second-order valence-electron chi connectivity index (χ2n) is 6.12. The summed E-state index contributed by atoms with van der Waals surface area (Å²) in [6.07, 6.45) is 1.29. The van der Waals surface area contributed by atoms with Crippen molar-refractivity contribution < 1.29 is 18.7 Å². The van der Waals surface area contributed by atoms with Crippen LogP contribution in [0.3, 0.4) is 0 Å². The average molecular weight is 319 g/mol. The summed E-state index contributed by atoms with van der Waals surface area (Å²) in [7, 11) is 0. The molecule has 23 heavy (non-hydrogen) atoms. The van der Waals surface area contributed by atoms with Crippen LogP contribution < -0.4 is 5.32 Å². The number of aliphatic hydroxyl groups is 1. The van der Waals surface area contributed by atoms with Gasteiger partial charge in [-0.1, -0.05) is 12.1 Å². The lowest BCUT2D eigenvalue weighted by molar-refractivity contribution is -0.0618. The highest BCUT2D eigenvalue weighted by molar-refractivity contribution is 5.62. The minimum absolute atomic E-state index is 0.236. The van der Waals surface area contributed by atoms with Crippen LogP contribution in [0.5, 0.6) is 0 Å². The minimum Gasteiger partial charge on any atom is -0.460 e. The van der Waals surface area contributed by atoms with E-state index in [-0.39, 0.29) is 5.82 Å². The molecule has 5 heteroatoms. The Morgan fingerprint density at radius 1 is 1.22 bits per heavy atom. The second kappa shape index (κ2) is 6.83. The van der Waals surface area contributed by atoms with Crippen LogP contribution in [0.25, 0.3) is 11.3 Å². The minimum atomic E-state index is -0.702. The smallest absolute Gasteiger partial charge is 0.134 e. The maximum atomic E-state index is 13.6. The van der Waals surface area contributed by atoms with E-state index in [1.807, 2.05) is 18.2 Å². The number of ether oxygens (including phenoxy) is 1. The number of halogens is 1. The molecule has 1 saturated heterocycles. The first-order chi connectivity index (χ1) is 11.1. The molecule has 3 rings (SSSR count). The SMILES string of the molecule is Cc1c(F)cccc1-c1ccc(CNCC2(O)CCOCC2)o1. The average Bonchev–Trinajstić information content (AvgIpc) is 2.99. The Labute approximate surface area is 135 Å². The summed E-state index contributed by atoms with van der Waals surface area (Å²) in [6, 6.07) is 8.69. The van der Waals surface area contributed by atoms with Gasteiger partial charge in [0.05, 0.1) is 12.1 Å². The van der Waals surface area contributed by atoms with Gasteiger partial charge < -0.3 is 19.6 Å². The fourth-order valence-electron chi connectivity index (χ4n) is 2.84. The Bertz CT molecular complexity index is 662. The molecule has 2 aromatic rings. The van der Waals surface area contributed by atoms with Gasteiger partial charge in [0.25, 0.3) is 0 Å². The van der Waals surface area contributed by atoms with Crippen LogP contribution >= 0.6 is 0 Å². The highest BCUT2D eigenvalue weighted by Crippen LogP contribution is 2.27. The van der Waals surface area contributed by atoms with Crippen LogP contribution in [0.4, 0.5) is 4.39 Å². The lowest BCUT2D eigenvalue weighted by Gasteiger charge is -2.32. The Morgan fingerprint density at radius 2 is 2.00 bits per heavy atom. The third kappa shape index (κ3) is 3.80. The first-order valence-corrected chi connectivity index (χ1v) is 7.92. The molecule has 0 saturated carbocycles. The molecule has 1 aromatic heterocycles. The zero-order valence-electron chi connectivity index (χ0n) is 13.3. The summed E-state index contributed by atoms with van der Waals surface area (Å²) in [4.78, 5) is 0. The van der Waals surface area contributed by atoms with E-state index < -0.39 is 5.60 Å². The predicted octanol–water partition coefficient (Wildman–Crippen LogP) is 3.03. The van der Waals surface area contributed by atoms with E-state index in [2.05, 4.69) is 5.32 Å². The van der Waals surface area contributed by atoms with Gasteiger partial charge in [0.2, 0.25) is 0 Å². The van der Waals surface area contributed by atoms with Crippen LogP contribution in [-0.2, 0) is 11.3 Å². The zero-order chi connectivity index (χ0) is 16.3. The van der Waals surface area contributed by atoms with Crippen molar-refractivity contribution in [1.29, 1.82) is 0 Å². The Morgan fingerprint density at radius 3 is 2.78 bits per heavy atom. The summed E-state index contributed by atoms with van der Waals surface area (Å²) >= 11 is 0. The van der Waals surface area contributed by atoms with Crippen molar-refractivity contribution in [1.82, 2.24) is 5.32 Å². The molecule has 2 N–H and O–H groups in total. The second-order valence-corrected chi connectivity index (χ2v) is 6.12. The van der Waals surface area contributed by atoms with Crippen LogP contribution in [0.1, 0.15) is 24.2 Å². The molecule has 1 fully saturated rings. The van der Waals surface area contributed by atoms with Gasteiger partial charge in [-0.05, 0) is 30.7 Å². The molecule has 0 radical (unpaired) electrons. The topological polar surface area (TPSA) is 54.6 Å². The van der Waals surface area contributed by atoms with Crippen LogP contribution in [0, 0.1) is 12.7 Å². The van der Waals surface area contributed by atoms with Crippen molar-refractivity contribution in [2.45, 2.75) is 31.9 Å². The first-order valence-electron chi connectivity index (χ1n) is 7.92. The van der Waals surface area contributed by atoms with E-state index in [4.69, 9.17) is 9.15 Å². The zero-order valence-corrected chi connectivity index (χ0v) is 13.3. The Balaban J connectivity index is 1.60. The van der Waals surface area contributed by atoms with Gasteiger partial charge in [-0.3, -0.25) is 0 Å². The van der Waals surface area contributed by atoms with Crippen molar-refractivity contribution in [3.8, 4) is 11.3 Å². The van der Waals surface area contributed by atoms with Crippen LogP contribution in [0.2, 0.25) is 0 Å². The fourth-order valence-corrected chi connectivity index (χ4v) is 2.84. The highest BCUT2D eigenvalue weighted by Gasteiger charge is 2.29. The number of hydrogen-bond acceptors (Lipinski definition) is 4. The molecular formula is C18H22FNO3. The van der Waals surface area contributed by atoms with E-state index in [9.17, 15) is 9.50 Å². The molecule has 0 amide bonds. The molecule has 0 aliphatic carbocycles. The van der Waals surface area contributed by atoms with Crippen molar-refractivity contribution in [3.05, 3.63) is 47.5 Å². The molecule has 0 atom stereocenters. The van der Waals surface area contributed by atoms with E-state index in [0.29, 0.717) is 50.5 Å². The summed E-state index contributed by atoms with van der Waals surface area (Å²) in [5.74, 6) is 1.18. The van der Waals surface area contributed by atoms with Crippen molar-refractivity contribution >= 4 is 0 Å². The van der Waals surface area contributed by atoms with Crippen molar-refractivity contribution in [3.63, 3.8) is 0 Å². The normalized spacial score (nSPS) is 17.3. The van der Waals surface area contributed by atoms with Crippen molar-refractivity contribution in [2.24, 2.45) is 0 Å². The Kier molecular flexibility index (Phi) is 4.80. The number of furan rings is 1. The predicted molar refractivity (Wildman–Crippen MR) is 85.5 cm³/mol. The number of rotatable bonds is 5.